The Morgan fingerprint density at radius 1 is 0.660 bits per heavy atom. The van der Waals surface area contributed by atoms with Crippen LogP contribution in [0.2, 0.25) is 0 Å². The third-order valence-corrected chi connectivity index (χ3v) is 9.63. The Kier molecular flexibility index (Phi) is 11.1. The maximum absolute atomic E-state index is 12.9. The molecule has 4 aliphatic heterocycles. The van der Waals surface area contributed by atoms with Gasteiger partial charge < -0.3 is 28.4 Å². The second kappa shape index (κ2) is 14.4. The predicted octanol–water partition coefficient (Wildman–Crippen LogP) is 5.76. The second-order valence-electron chi connectivity index (χ2n) is 16.4. The molecule has 0 radical (unpaired) electrons. The molecule has 5 rings (SSSR count). The fourth-order valence-corrected chi connectivity index (χ4v) is 8.66. The van der Waals surface area contributed by atoms with Crippen LogP contribution in [0, 0.1) is 0 Å². The highest BCUT2D eigenvalue weighted by Gasteiger charge is 2.59. The lowest BCUT2D eigenvalue weighted by Crippen LogP contribution is -2.65. The van der Waals surface area contributed by atoms with Gasteiger partial charge in [0.05, 0.1) is 37.6 Å². The molecule has 0 aromatic heterocycles. The van der Waals surface area contributed by atoms with Crippen molar-refractivity contribution in [1.82, 2.24) is 10.1 Å². The number of ether oxygens (including phenoxy) is 6. The van der Waals surface area contributed by atoms with E-state index in [0.29, 0.717) is 63.2 Å². The molecule has 0 saturated carbocycles. The lowest BCUT2D eigenvalue weighted by atomic mass is 9.78. The number of benzene rings is 1. The third-order valence-electron chi connectivity index (χ3n) is 9.63. The lowest BCUT2D eigenvalue weighted by molar-refractivity contribution is -0.334. The average Bonchev–Trinajstić information content (AvgIpc) is 3.58. The summed E-state index contributed by atoms with van der Waals surface area (Å²) >= 11 is 0. The largest absolute Gasteiger partial charge is 0.459 e. The van der Waals surface area contributed by atoms with E-state index in [9.17, 15) is 9.59 Å². The van der Waals surface area contributed by atoms with Gasteiger partial charge >= 0.3 is 11.9 Å². The van der Waals surface area contributed by atoms with Gasteiger partial charge in [0.15, 0.2) is 11.6 Å². The zero-order valence-electron chi connectivity index (χ0n) is 31.1. The number of carbonyl (C=O) groups is 2. The molecule has 2 spiro atoms. The predicted molar refractivity (Wildman–Crippen MR) is 185 cm³/mol. The van der Waals surface area contributed by atoms with E-state index in [4.69, 9.17) is 38.1 Å². The summed E-state index contributed by atoms with van der Waals surface area (Å²) in [5, 5.41) is 4.01. The Bertz CT molecular complexity index is 1260. The first-order valence-corrected chi connectivity index (χ1v) is 17.5. The molecule has 0 aliphatic carbocycles. The lowest BCUT2D eigenvalue weighted by Gasteiger charge is -2.56. The van der Waals surface area contributed by atoms with Crippen molar-refractivity contribution in [3.05, 3.63) is 60.7 Å². The molecule has 4 aliphatic rings. The summed E-state index contributed by atoms with van der Waals surface area (Å²) in [5.74, 6) is -2.64. The van der Waals surface area contributed by atoms with Crippen LogP contribution in [-0.4, -0.2) is 108 Å². The molecule has 0 amide bonds. The number of esters is 2. The van der Waals surface area contributed by atoms with Gasteiger partial charge in [0.2, 0.25) is 0 Å². The number of hydrogen-bond donors (Lipinski definition) is 0. The van der Waals surface area contributed by atoms with Crippen LogP contribution in [0.4, 0.5) is 0 Å². The van der Waals surface area contributed by atoms with Crippen molar-refractivity contribution < 1.29 is 47.7 Å². The Hall–Kier alpha value is -2.68. The second-order valence-corrected chi connectivity index (χ2v) is 16.4. The maximum atomic E-state index is 12.9. The minimum Gasteiger partial charge on any atom is -0.459 e. The molecule has 12 nitrogen and oxygen atoms in total. The van der Waals surface area contributed by atoms with E-state index in [2.05, 4.69) is 68.5 Å². The monoisotopic (exact) mass is 700 g/mol. The third kappa shape index (κ3) is 8.34. The molecule has 278 valence electrons. The van der Waals surface area contributed by atoms with Gasteiger partial charge in [-0.05, 0) is 79.7 Å². The molecule has 4 fully saturated rings. The van der Waals surface area contributed by atoms with Gasteiger partial charge in [-0.15, -0.1) is 13.2 Å². The van der Waals surface area contributed by atoms with Gasteiger partial charge in [-0.2, -0.15) is 10.1 Å². The Balaban J connectivity index is 1.08. The van der Waals surface area contributed by atoms with Gasteiger partial charge in [0.25, 0.3) is 0 Å². The number of nitrogens with zero attached hydrogens (tertiary/aromatic N) is 2. The summed E-state index contributed by atoms with van der Waals surface area (Å²) in [6.45, 7) is 25.8. The fourth-order valence-electron chi connectivity index (χ4n) is 8.66. The quantitative estimate of drug-likeness (QED) is 0.195. The Morgan fingerprint density at radius 3 is 1.28 bits per heavy atom. The highest BCUT2D eigenvalue weighted by atomic mass is 16.8. The molecular formula is C38H56N2O10. The van der Waals surface area contributed by atoms with Crippen LogP contribution >= 0.6 is 0 Å². The molecule has 12 heteroatoms. The van der Waals surface area contributed by atoms with Gasteiger partial charge in [0.1, 0.15) is 25.4 Å². The van der Waals surface area contributed by atoms with Crippen LogP contribution in [0.1, 0.15) is 102 Å². The molecule has 4 saturated heterocycles. The summed E-state index contributed by atoms with van der Waals surface area (Å²) in [6.07, 6.45) is 5.00. The van der Waals surface area contributed by atoms with Crippen LogP contribution in [0.25, 0.3) is 0 Å². The number of piperidine rings is 2. The molecule has 0 bridgehead atoms. The first kappa shape index (κ1) is 38.5. The van der Waals surface area contributed by atoms with Gasteiger partial charge in [-0.3, -0.25) is 9.68 Å². The summed E-state index contributed by atoms with van der Waals surface area (Å²) < 4.78 is 36.5. The number of carbonyl (C=O) groups excluding carboxylic acids is 2. The van der Waals surface area contributed by atoms with E-state index in [-0.39, 0.29) is 35.4 Å². The smallest absolute Gasteiger partial charge is 0.338 e. The van der Waals surface area contributed by atoms with Crippen molar-refractivity contribution in [2.24, 2.45) is 0 Å². The molecule has 2 atom stereocenters. The van der Waals surface area contributed by atoms with E-state index in [1.807, 2.05) is 10.1 Å². The van der Waals surface area contributed by atoms with Crippen LogP contribution in [0.5, 0.6) is 0 Å². The summed E-state index contributed by atoms with van der Waals surface area (Å²) in [5.41, 5.74) is -0.847. The minimum atomic E-state index is -0.804. The standard InChI is InChI=1S/C38H56N2O10/c1-11-17-47-39-33(3,4)23-37(24-34(39,5)6)45-21-29(49-37)19-43-31(41)27-13-15-28(16-14-27)32(42)44-20-30-22-46-38(50-30)25-35(7,8)40(48-18-12-2)36(9,10)26-38/h11-16,29-30H,1-2,17-26H2,3-10H3. The van der Waals surface area contributed by atoms with Crippen LogP contribution in [0.15, 0.2) is 49.6 Å². The zero-order valence-corrected chi connectivity index (χ0v) is 31.1. The molecule has 1 aromatic carbocycles. The van der Waals surface area contributed by atoms with Crippen molar-refractivity contribution in [3.63, 3.8) is 0 Å². The van der Waals surface area contributed by atoms with Crippen molar-refractivity contribution in [2.45, 2.75) is 127 Å². The van der Waals surface area contributed by atoms with Gasteiger partial charge in [0, 0.05) is 47.8 Å². The van der Waals surface area contributed by atoms with E-state index in [0.717, 1.165) is 0 Å². The summed E-state index contributed by atoms with van der Waals surface area (Å²) in [6, 6.07) is 6.19. The van der Waals surface area contributed by atoms with E-state index in [1.165, 1.54) is 0 Å². The summed E-state index contributed by atoms with van der Waals surface area (Å²) in [7, 11) is 0. The number of hydrogen-bond acceptors (Lipinski definition) is 12. The van der Waals surface area contributed by atoms with Crippen molar-refractivity contribution in [2.75, 3.05) is 39.6 Å². The first-order valence-electron chi connectivity index (χ1n) is 17.5. The average molecular weight is 701 g/mol. The van der Waals surface area contributed by atoms with E-state index in [1.54, 1.807) is 36.4 Å². The topological polar surface area (TPSA) is 114 Å². The molecular weight excluding hydrogens is 644 g/mol. The SMILES string of the molecule is C=CCON1C(C)(C)CC2(CC1(C)C)OCC(COC(=O)c1ccc(C(=O)OCC3COC4(CC(C)(C)N(OCC=C)C(C)(C)C4)O3)cc1)O2. The molecule has 50 heavy (non-hydrogen) atoms. The van der Waals surface area contributed by atoms with Crippen molar-refractivity contribution >= 4 is 11.9 Å². The highest BCUT2D eigenvalue weighted by molar-refractivity contribution is 5.93. The van der Waals surface area contributed by atoms with Gasteiger partial charge in [-0.1, -0.05) is 12.2 Å². The van der Waals surface area contributed by atoms with Crippen LogP contribution in [-0.2, 0) is 38.1 Å². The van der Waals surface area contributed by atoms with E-state index < -0.39 is 35.7 Å². The Morgan fingerprint density at radius 2 is 0.980 bits per heavy atom. The van der Waals surface area contributed by atoms with Crippen LogP contribution < -0.4 is 0 Å². The van der Waals surface area contributed by atoms with Crippen molar-refractivity contribution in [3.8, 4) is 0 Å². The molecule has 0 N–H and O–H groups in total. The molecule has 1 aromatic rings. The fraction of sp³-hybridized carbons (Fsp3) is 0.684. The first-order chi connectivity index (χ1) is 23.3. The van der Waals surface area contributed by atoms with Crippen LogP contribution in [0.3, 0.4) is 0 Å². The molecule has 2 unspecified atom stereocenters. The van der Waals surface area contributed by atoms with E-state index >= 15 is 0 Å². The molecule has 4 heterocycles. The Labute approximate surface area is 296 Å². The van der Waals surface area contributed by atoms with Gasteiger partial charge in [-0.25, -0.2) is 9.59 Å². The zero-order chi connectivity index (χ0) is 36.6. The van der Waals surface area contributed by atoms with Crippen molar-refractivity contribution in [1.29, 1.82) is 0 Å². The minimum absolute atomic E-state index is 0.0428. The summed E-state index contributed by atoms with van der Waals surface area (Å²) in [4.78, 5) is 37.8. The maximum Gasteiger partial charge on any atom is 0.338 e. The normalized spacial score (nSPS) is 27.6. The number of rotatable bonds is 12. The highest BCUT2D eigenvalue weighted by Crippen LogP contribution is 2.49. The number of hydroxylamine groups is 4.